The third kappa shape index (κ3) is 2.97. The van der Waals surface area contributed by atoms with Gasteiger partial charge in [0.15, 0.2) is 23.0 Å². The van der Waals surface area contributed by atoms with E-state index in [9.17, 15) is 0 Å². The maximum atomic E-state index is 5.54. The summed E-state index contributed by atoms with van der Waals surface area (Å²) in [6.07, 6.45) is 3.73. The van der Waals surface area contributed by atoms with Gasteiger partial charge >= 0.3 is 0 Å². The second kappa shape index (κ2) is 7.31. The Morgan fingerprint density at radius 2 is 1.29 bits per heavy atom. The lowest BCUT2D eigenvalue weighted by Gasteiger charge is -2.16. The van der Waals surface area contributed by atoms with E-state index >= 15 is 0 Å². The van der Waals surface area contributed by atoms with Crippen molar-refractivity contribution in [3.05, 3.63) is 54.4 Å². The molecule has 0 atom stereocenters. The van der Waals surface area contributed by atoms with Crippen LogP contribution in [-0.2, 0) is 6.54 Å². The molecular weight excluding hydrogens is 356 g/mol. The quantitative estimate of drug-likeness (QED) is 0.469. The Balaban J connectivity index is 2.07. The van der Waals surface area contributed by atoms with E-state index in [0.29, 0.717) is 29.5 Å². The summed E-state index contributed by atoms with van der Waals surface area (Å²) >= 11 is 0. The molecule has 4 rings (SSSR count). The first kappa shape index (κ1) is 18.0. The third-order valence-electron chi connectivity index (χ3n) is 4.94. The summed E-state index contributed by atoms with van der Waals surface area (Å²) in [5.74, 6) is 2.75. The molecule has 0 N–H and O–H groups in total. The number of fused-ring (bicyclic) bond motifs is 3. The summed E-state index contributed by atoms with van der Waals surface area (Å²) in [7, 11) is 6.57. The van der Waals surface area contributed by atoms with Crippen LogP contribution in [0.3, 0.4) is 0 Å². The summed E-state index contributed by atoms with van der Waals surface area (Å²) in [5, 5.41) is 8.59. The minimum atomic E-state index is 0.642. The van der Waals surface area contributed by atoms with Crippen molar-refractivity contribution >= 4 is 21.5 Å². The summed E-state index contributed by atoms with van der Waals surface area (Å²) in [6.45, 7) is 0.642. The Bertz CT molecular complexity index is 1140. The van der Waals surface area contributed by atoms with Crippen molar-refractivity contribution in [1.82, 2.24) is 9.78 Å². The summed E-state index contributed by atoms with van der Waals surface area (Å²) in [4.78, 5) is 0. The Labute approximate surface area is 163 Å². The van der Waals surface area contributed by atoms with Gasteiger partial charge in [-0.1, -0.05) is 0 Å². The van der Waals surface area contributed by atoms with E-state index < -0.39 is 0 Å². The maximum Gasteiger partial charge on any atom is 0.161 e. The predicted molar refractivity (Wildman–Crippen MR) is 109 cm³/mol. The van der Waals surface area contributed by atoms with Gasteiger partial charge in [-0.25, -0.2) is 0 Å². The molecule has 0 aliphatic rings. The zero-order valence-corrected chi connectivity index (χ0v) is 16.4. The molecule has 0 aliphatic heterocycles. The molecule has 0 fully saturated rings. The molecule has 0 saturated heterocycles. The van der Waals surface area contributed by atoms with E-state index in [1.165, 1.54) is 0 Å². The van der Waals surface area contributed by atoms with Gasteiger partial charge in [-0.2, -0.15) is 5.10 Å². The Morgan fingerprint density at radius 3 is 1.86 bits per heavy atom. The van der Waals surface area contributed by atoms with E-state index in [2.05, 4.69) is 11.2 Å². The van der Waals surface area contributed by atoms with Crippen molar-refractivity contribution in [3.8, 4) is 23.0 Å². The fraction of sp³-hybridized carbons (Fsp3) is 0.227. The lowest BCUT2D eigenvalue weighted by molar-refractivity contribution is 0.355. The van der Waals surface area contributed by atoms with Crippen LogP contribution in [0.2, 0.25) is 0 Å². The fourth-order valence-electron chi connectivity index (χ4n) is 3.58. The molecule has 6 heteroatoms. The van der Waals surface area contributed by atoms with Gasteiger partial charge in [-0.15, -0.1) is 0 Å². The number of hydrogen-bond acceptors (Lipinski definition) is 5. The molecule has 0 unspecified atom stereocenters. The molecule has 0 bridgehead atoms. The molecule has 144 valence electrons. The SMILES string of the molecule is COc1cc2cc(Cn3cccn3)c3cc(OC)c(OC)cc3c2cc1OC. The second-order valence-corrected chi connectivity index (χ2v) is 6.42. The number of ether oxygens (including phenoxy) is 4. The van der Waals surface area contributed by atoms with Gasteiger partial charge in [-0.3, -0.25) is 4.68 Å². The molecule has 0 aliphatic carbocycles. The number of benzene rings is 3. The monoisotopic (exact) mass is 378 g/mol. The molecule has 4 aromatic rings. The van der Waals surface area contributed by atoms with Gasteiger partial charge < -0.3 is 18.9 Å². The van der Waals surface area contributed by atoms with Crippen LogP contribution >= 0.6 is 0 Å². The van der Waals surface area contributed by atoms with E-state index in [0.717, 1.165) is 27.1 Å². The average molecular weight is 378 g/mol. The van der Waals surface area contributed by atoms with E-state index in [1.54, 1.807) is 34.6 Å². The van der Waals surface area contributed by atoms with Crippen molar-refractivity contribution in [1.29, 1.82) is 0 Å². The third-order valence-corrected chi connectivity index (χ3v) is 4.94. The normalized spacial score (nSPS) is 11.0. The standard InChI is InChI=1S/C22H22N2O4/c1-25-19-9-14-8-15(13-24-7-5-6-23-24)17-11-21(27-3)22(28-4)12-18(17)16(14)10-20(19)26-2/h5-12H,13H2,1-4H3. The first-order valence-electron chi connectivity index (χ1n) is 8.89. The van der Waals surface area contributed by atoms with Crippen molar-refractivity contribution < 1.29 is 18.9 Å². The average Bonchev–Trinajstić information content (AvgIpc) is 3.24. The van der Waals surface area contributed by atoms with E-state index in [1.807, 2.05) is 41.2 Å². The molecule has 0 spiro atoms. The zero-order valence-electron chi connectivity index (χ0n) is 16.4. The molecule has 3 aromatic carbocycles. The van der Waals surface area contributed by atoms with Gasteiger partial charge in [0.25, 0.3) is 0 Å². The van der Waals surface area contributed by atoms with Crippen molar-refractivity contribution in [2.75, 3.05) is 28.4 Å². The van der Waals surface area contributed by atoms with Crippen LogP contribution in [0, 0.1) is 0 Å². The molecule has 6 nitrogen and oxygen atoms in total. The zero-order chi connectivity index (χ0) is 19.7. The summed E-state index contributed by atoms with van der Waals surface area (Å²) in [5.41, 5.74) is 1.12. The van der Waals surface area contributed by atoms with Crippen LogP contribution in [0.5, 0.6) is 23.0 Å². The van der Waals surface area contributed by atoms with Gasteiger partial charge in [0.1, 0.15) is 0 Å². The van der Waals surface area contributed by atoms with Crippen LogP contribution in [0.25, 0.3) is 21.5 Å². The highest BCUT2D eigenvalue weighted by molar-refractivity contribution is 6.11. The van der Waals surface area contributed by atoms with Crippen LogP contribution in [0.15, 0.2) is 48.8 Å². The number of nitrogens with zero attached hydrogens (tertiary/aromatic N) is 2. The lowest BCUT2D eigenvalue weighted by Crippen LogP contribution is -2.02. The molecule has 28 heavy (non-hydrogen) atoms. The first-order valence-corrected chi connectivity index (χ1v) is 8.89. The van der Waals surface area contributed by atoms with Crippen LogP contribution in [0.1, 0.15) is 5.56 Å². The van der Waals surface area contributed by atoms with Crippen LogP contribution < -0.4 is 18.9 Å². The van der Waals surface area contributed by atoms with Gasteiger partial charge in [0.05, 0.1) is 35.0 Å². The molecule has 0 radical (unpaired) electrons. The second-order valence-electron chi connectivity index (χ2n) is 6.42. The topological polar surface area (TPSA) is 54.7 Å². The number of rotatable bonds is 6. The van der Waals surface area contributed by atoms with E-state index in [4.69, 9.17) is 18.9 Å². The minimum absolute atomic E-state index is 0.642. The van der Waals surface area contributed by atoms with Crippen molar-refractivity contribution in [2.24, 2.45) is 0 Å². The largest absolute Gasteiger partial charge is 0.493 e. The smallest absolute Gasteiger partial charge is 0.161 e. The Kier molecular flexibility index (Phi) is 4.69. The highest BCUT2D eigenvalue weighted by Crippen LogP contribution is 2.41. The van der Waals surface area contributed by atoms with E-state index in [-0.39, 0.29) is 0 Å². The van der Waals surface area contributed by atoms with Crippen molar-refractivity contribution in [2.45, 2.75) is 6.54 Å². The maximum absolute atomic E-state index is 5.54. The first-order chi connectivity index (χ1) is 13.7. The number of aromatic nitrogens is 2. The molecule has 0 saturated carbocycles. The predicted octanol–water partition coefficient (Wildman–Crippen LogP) is 4.27. The lowest BCUT2D eigenvalue weighted by atomic mass is 9.96. The molecule has 1 heterocycles. The van der Waals surface area contributed by atoms with Crippen LogP contribution in [-0.4, -0.2) is 38.2 Å². The Morgan fingerprint density at radius 1 is 0.714 bits per heavy atom. The van der Waals surface area contributed by atoms with Gasteiger partial charge in [0.2, 0.25) is 0 Å². The van der Waals surface area contributed by atoms with Crippen molar-refractivity contribution in [3.63, 3.8) is 0 Å². The number of hydrogen-bond donors (Lipinski definition) is 0. The molecular formula is C22H22N2O4. The number of methoxy groups -OCH3 is 4. The molecule has 1 aromatic heterocycles. The summed E-state index contributed by atoms with van der Waals surface area (Å²) in [6, 6.07) is 12.1. The summed E-state index contributed by atoms with van der Waals surface area (Å²) < 4.78 is 24.0. The fourth-order valence-corrected chi connectivity index (χ4v) is 3.58. The highest BCUT2D eigenvalue weighted by atomic mass is 16.5. The Hall–Kier alpha value is -3.41. The van der Waals surface area contributed by atoms with Gasteiger partial charge in [-0.05, 0) is 63.5 Å². The highest BCUT2D eigenvalue weighted by Gasteiger charge is 2.15. The minimum Gasteiger partial charge on any atom is -0.493 e. The van der Waals surface area contributed by atoms with Crippen LogP contribution in [0.4, 0.5) is 0 Å². The molecule has 0 amide bonds. The van der Waals surface area contributed by atoms with Gasteiger partial charge in [0, 0.05) is 12.4 Å².